The van der Waals surface area contributed by atoms with Gasteiger partial charge in [0.1, 0.15) is 15.9 Å². The smallest absolute Gasteiger partial charge is 0.266 e. The van der Waals surface area contributed by atoms with Crippen LogP contribution in [-0.2, 0) is 4.79 Å². The fraction of sp³-hybridized carbons (Fsp3) is 0.312. The molecule has 2 aromatic rings. The van der Waals surface area contributed by atoms with Crippen molar-refractivity contribution in [3.8, 4) is 10.6 Å². The Morgan fingerprint density at radius 2 is 2.13 bits per heavy atom. The van der Waals surface area contributed by atoms with Gasteiger partial charge in [0.25, 0.3) is 5.91 Å². The van der Waals surface area contributed by atoms with Crippen molar-refractivity contribution in [2.24, 2.45) is 5.73 Å². The summed E-state index contributed by atoms with van der Waals surface area (Å²) >= 11 is 7.50. The first-order valence-corrected chi connectivity index (χ1v) is 8.51. The number of hydrogen-bond donors (Lipinski definition) is 1. The minimum absolute atomic E-state index is 0.181. The maximum Gasteiger partial charge on any atom is 0.266 e. The van der Waals surface area contributed by atoms with Gasteiger partial charge in [0.2, 0.25) is 5.91 Å². The van der Waals surface area contributed by atoms with Crippen LogP contribution in [0.15, 0.2) is 24.3 Å². The largest absolute Gasteiger partial charge is 0.368 e. The lowest BCUT2D eigenvalue weighted by atomic mass is 10.2. The zero-order valence-electron chi connectivity index (χ0n) is 12.6. The number of primary amides is 1. The van der Waals surface area contributed by atoms with E-state index in [0.29, 0.717) is 33.6 Å². The molecule has 1 aliphatic heterocycles. The quantitative estimate of drug-likeness (QED) is 0.925. The molecule has 3 rings (SSSR count). The molecule has 5 nitrogen and oxygen atoms in total. The molecule has 23 heavy (non-hydrogen) atoms. The molecule has 0 radical (unpaired) electrons. The molecule has 1 unspecified atom stereocenters. The number of amides is 2. The molecule has 0 bridgehead atoms. The molecule has 7 heteroatoms. The summed E-state index contributed by atoms with van der Waals surface area (Å²) in [5.41, 5.74) is 6.84. The predicted molar refractivity (Wildman–Crippen MR) is 90.5 cm³/mol. The van der Waals surface area contributed by atoms with Gasteiger partial charge in [-0.3, -0.25) is 9.59 Å². The molecule has 1 aliphatic rings. The van der Waals surface area contributed by atoms with Crippen LogP contribution < -0.4 is 5.73 Å². The van der Waals surface area contributed by atoms with E-state index in [1.54, 1.807) is 17.9 Å². The summed E-state index contributed by atoms with van der Waals surface area (Å²) in [5.74, 6) is -0.635. The predicted octanol–water partition coefficient (Wildman–Crippen LogP) is 2.86. The molecule has 1 aromatic carbocycles. The van der Waals surface area contributed by atoms with Gasteiger partial charge >= 0.3 is 0 Å². The van der Waals surface area contributed by atoms with E-state index in [9.17, 15) is 9.59 Å². The van der Waals surface area contributed by atoms with Gasteiger partial charge in [-0.05, 0) is 25.8 Å². The second-order valence-corrected chi connectivity index (χ2v) is 6.88. The lowest BCUT2D eigenvalue weighted by Gasteiger charge is -2.21. The molecule has 0 aliphatic carbocycles. The number of carbonyl (C=O) groups excluding carboxylic acids is 2. The van der Waals surface area contributed by atoms with E-state index < -0.39 is 11.9 Å². The van der Waals surface area contributed by atoms with Crippen LogP contribution in [0.3, 0.4) is 0 Å². The van der Waals surface area contributed by atoms with E-state index in [2.05, 4.69) is 4.98 Å². The molecule has 120 valence electrons. The van der Waals surface area contributed by atoms with Gasteiger partial charge < -0.3 is 10.6 Å². The molecule has 1 aromatic heterocycles. The van der Waals surface area contributed by atoms with Crippen LogP contribution in [0.25, 0.3) is 10.6 Å². The Hall–Kier alpha value is -1.92. The minimum Gasteiger partial charge on any atom is -0.368 e. The van der Waals surface area contributed by atoms with Gasteiger partial charge in [-0.1, -0.05) is 29.8 Å². The van der Waals surface area contributed by atoms with E-state index in [-0.39, 0.29) is 5.91 Å². The molecule has 2 amide bonds. The first kappa shape index (κ1) is 16.0. The molecule has 0 saturated carbocycles. The first-order valence-electron chi connectivity index (χ1n) is 7.31. The number of thiazole rings is 1. The van der Waals surface area contributed by atoms with Crippen molar-refractivity contribution in [3.05, 3.63) is 39.9 Å². The van der Waals surface area contributed by atoms with Gasteiger partial charge in [-0.2, -0.15) is 0 Å². The summed E-state index contributed by atoms with van der Waals surface area (Å²) in [5, 5.41) is 1.29. The average Bonchev–Trinajstić information content (AvgIpc) is 3.14. The fourth-order valence-electron chi connectivity index (χ4n) is 2.78. The second kappa shape index (κ2) is 6.29. The molecule has 1 fully saturated rings. The Balaban J connectivity index is 1.94. The highest BCUT2D eigenvalue weighted by molar-refractivity contribution is 7.17. The number of aryl methyl sites for hydroxylation is 1. The van der Waals surface area contributed by atoms with E-state index in [1.807, 2.05) is 18.2 Å². The third-order valence-electron chi connectivity index (χ3n) is 3.94. The number of likely N-dealkylation sites (tertiary alicyclic amines) is 1. The Labute approximate surface area is 143 Å². The first-order chi connectivity index (χ1) is 11.0. The number of nitrogens with zero attached hydrogens (tertiary/aromatic N) is 2. The van der Waals surface area contributed by atoms with Gasteiger partial charge in [0.05, 0.1) is 10.7 Å². The van der Waals surface area contributed by atoms with Crippen LogP contribution in [0.4, 0.5) is 0 Å². The molecule has 1 atom stereocenters. The number of aromatic nitrogens is 1. The summed E-state index contributed by atoms with van der Waals surface area (Å²) in [6, 6.07) is 6.87. The van der Waals surface area contributed by atoms with Crippen LogP contribution >= 0.6 is 22.9 Å². The van der Waals surface area contributed by atoms with Crippen molar-refractivity contribution < 1.29 is 9.59 Å². The minimum atomic E-state index is -0.521. The Morgan fingerprint density at radius 1 is 1.39 bits per heavy atom. The highest BCUT2D eigenvalue weighted by Crippen LogP contribution is 2.34. The molecule has 2 N–H and O–H groups in total. The Kier molecular flexibility index (Phi) is 4.37. The molecular formula is C16H16ClN3O2S. The second-order valence-electron chi connectivity index (χ2n) is 5.47. The van der Waals surface area contributed by atoms with Gasteiger partial charge in [-0.25, -0.2) is 4.98 Å². The van der Waals surface area contributed by atoms with Crippen LogP contribution in [0.5, 0.6) is 0 Å². The highest BCUT2D eigenvalue weighted by atomic mass is 35.5. The summed E-state index contributed by atoms with van der Waals surface area (Å²) in [4.78, 5) is 30.8. The lowest BCUT2D eigenvalue weighted by Crippen LogP contribution is -2.43. The number of rotatable bonds is 3. The van der Waals surface area contributed by atoms with Gasteiger partial charge in [0.15, 0.2) is 0 Å². The normalized spacial score (nSPS) is 17.5. The zero-order valence-corrected chi connectivity index (χ0v) is 14.2. The zero-order chi connectivity index (χ0) is 16.6. The maximum absolute atomic E-state index is 12.8. The van der Waals surface area contributed by atoms with Crippen LogP contribution in [0.1, 0.15) is 28.2 Å². The summed E-state index contributed by atoms with van der Waals surface area (Å²) < 4.78 is 0. The summed E-state index contributed by atoms with van der Waals surface area (Å²) in [6.07, 6.45) is 1.41. The third-order valence-corrected chi connectivity index (χ3v) is 5.45. The number of benzene rings is 1. The monoisotopic (exact) mass is 349 g/mol. The van der Waals surface area contributed by atoms with E-state index in [4.69, 9.17) is 17.3 Å². The fourth-order valence-corrected chi connectivity index (χ4v) is 4.12. The van der Waals surface area contributed by atoms with Crippen molar-refractivity contribution in [3.63, 3.8) is 0 Å². The van der Waals surface area contributed by atoms with Crippen LogP contribution in [-0.4, -0.2) is 34.3 Å². The van der Waals surface area contributed by atoms with Crippen molar-refractivity contribution in [2.75, 3.05) is 6.54 Å². The number of halogens is 1. The van der Waals surface area contributed by atoms with Gasteiger partial charge in [-0.15, -0.1) is 11.3 Å². The van der Waals surface area contributed by atoms with Crippen LogP contribution in [0, 0.1) is 6.92 Å². The molecular weight excluding hydrogens is 334 g/mol. The van der Waals surface area contributed by atoms with Crippen molar-refractivity contribution >= 4 is 34.8 Å². The topological polar surface area (TPSA) is 76.3 Å². The summed E-state index contributed by atoms with van der Waals surface area (Å²) in [7, 11) is 0. The number of hydrogen-bond acceptors (Lipinski definition) is 4. The average molecular weight is 350 g/mol. The number of nitrogens with two attached hydrogens (primary N) is 1. The SMILES string of the molecule is Cc1nc(-c2ccccc2Cl)sc1C(=O)N1CCCC1C(N)=O. The Morgan fingerprint density at radius 3 is 2.83 bits per heavy atom. The van der Waals surface area contributed by atoms with Gasteiger partial charge in [0, 0.05) is 12.1 Å². The Bertz CT molecular complexity index is 774. The van der Waals surface area contributed by atoms with Crippen molar-refractivity contribution in [1.29, 1.82) is 0 Å². The molecule has 1 saturated heterocycles. The van der Waals surface area contributed by atoms with Crippen LogP contribution in [0.2, 0.25) is 5.02 Å². The molecule has 0 spiro atoms. The third kappa shape index (κ3) is 2.96. The number of carbonyl (C=O) groups is 2. The maximum atomic E-state index is 12.8. The van der Waals surface area contributed by atoms with Crippen molar-refractivity contribution in [2.45, 2.75) is 25.8 Å². The lowest BCUT2D eigenvalue weighted by molar-refractivity contribution is -0.121. The molecule has 2 heterocycles. The van der Waals surface area contributed by atoms with E-state index in [0.717, 1.165) is 12.0 Å². The van der Waals surface area contributed by atoms with Crippen molar-refractivity contribution in [1.82, 2.24) is 9.88 Å². The highest BCUT2D eigenvalue weighted by Gasteiger charge is 2.34. The van der Waals surface area contributed by atoms with E-state index >= 15 is 0 Å². The summed E-state index contributed by atoms with van der Waals surface area (Å²) in [6.45, 7) is 2.34. The van der Waals surface area contributed by atoms with E-state index in [1.165, 1.54) is 11.3 Å². The standard InChI is InChI=1S/C16H16ClN3O2S/c1-9-13(16(22)20-8-4-7-12(20)14(18)21)23-15(19-9)10-5-2-3-6-11(10)17/h2-3,5-6,12H,4,7-8H2,1H3,(H2,18,21).